The minimum Gasteiger partial charge on any atom is -0.366 e. The summed E-state index contributed by atoms with van der Waals surface area (Å²) in [4.78, 5) is 25.1. The van der Waals surface area contributed by atoms with Gasteiger partial charge in [-0.1, -0.05) is 17.7 Å². The summed E-state index contributed by atoms with van der Waals surface area (Å²) in [6.07, 6.45) is 0. The maximum absolute atomic E-state index is 12.3. The first kappa shape index (κ1) is 14.8. The van der Waals surface area contributed by atoms with Crippen LogP contribution in [0.5, 0.6) is 0 Å². The van der Waals surface area contributed by atoms with Crippen molar-refractivity contribution in [3.05, 3.63) is 34.3 Å². The zero-order chi connectivity index (χ0) is 14.9. The van der Waals surface area contributed by atoms with E-state index in [0.29, 0.717) is 23.7 Å². The Balaban J connectivity index is 2.18. The highest BCUT2D eigenvalue weighted by Crippen LogP contribution is 2.22. The van der Waals surface area contributed by atoms with E-state index in [1.807, 2.05) is 13.8 Å². The molecule has 1 aliphatic heterocycles. The molecule has 3 N–H and O–H groups in total. The van der Waals surface area contributed by atoms with Gasteiger partial charge in [0.1, 0.15) is 0 Å². The van der Waals surface area contributed by atoms with Gasteiger partial charge < -0.3 is 16.0 Å². The fourth-order valence-corrected chi connectivity index (χ4v) is 2.50. The third kappa shape index (κ3) is 2.94. The normalized spacial score (nSPS) is 18.1. The van der Waals surface area contributed by atoms with Crippen LogP contribution < -0.4 is 11.1 Å². The highest BCUT2D eigenvalue weighted by Gasteiger charge is 2.35. The largest absolute Gasteiger partial charge is 0.366 e. The summed E-state index contributed by atoms with van der Waals surface area (Å²) in [5.41, 5.74) is 5.82. The molecule has 2 amide bonds. The molecule has 6 heteroatoms. The van der Waals surface area contributed by atoms with Crippen LogP contribution in [-0.4, -0.2) is 35.3 Å². The van der Waals surface area contributed by atoms with Crippen molar-refractivity contribution in [1.82, 2.24) is 10.2 Å². The van der Waals surface area contributed by atoms with Crippen molar-refractivity contribution in [3.63, 3.8) is 0 Å². The number of hydrogen-bond acceptors (Lipinski definition) is 3. The molecule has 1 aliphatic rings. The molecule has 1 fully saturated rings. The molecule has 0 aromatic heterocycles. The number of nitrogens with one attached hydrogen (secondary N) is 1. The van der Waals surface area contributed by atoms with Crippen molar-refractivity contribution in [2.45, 2.75) is 25.9 Å². The van der Waals surface area contributed by atoms with Crippen LogP contribution in [0, 0.1) is 0 Å². The molecule has 2 rings (SSSR count). The van der Waals surface area contributed by atoms with Gasteiger partial charge in [-0.05, 0) is 31.5 Å². The first-order valence-electron chi connectivity index (χ1n) is 6.44. The van der Waals surface area contributed by atoms with Crippen molar-refractivity contribution >= 4 is 23.4 Å². The number of carbonyl (C=O) groups excluding carboxylic acids is 2. The number of hydrogen-bond donors (Lipinski definition) is 2. The van der Waals surface area contributed by atoms with Gasteiger partial charge in [0.2, 0.25) is 11.8 Å². The number of carbonyl (C=O) groups is 2. The lowest BCUT2D eigenvalue weighted by Gasteiger charge is -2.38. The molecule has 0 saturated carbocycles. The quantitative estimate of drug-likeness (QED) is 0.878. The van der Waals surface area contributed by atoms with E-state index < -0.39 is 11.4 Å². The average Bonchev–Trinajstić information content (AvgIpc) is 2.37. The highest BCUT2D eigenvalue weighted by molar-refractivity contribution is 6.31. The fourth-order valence-electron chi connectivity index (χ4n) is 2.26. The van der Waals surface area contributed by atoms with Crippen molar-refractivity contribution < 1.29 is 9.59 Å². The second kappa shape index (κ2) is 5.42. The molecule has 1 heterocycles. The summed E-state index contributed by atoms with van der Waals surface area (Å²) in [5, 5.41) is 3.63. The van der Waals surface area contributed by atoms with Crippen LogP contribution in [0.1, 0.15) is 29.8 Å². The maximum Gasteiger partial charge on any atom is 0.248 e. The number of halogens is 1. The molecular weight excluding hydrogens is 278 g/mol. The van der Waals surface area contributed by atoms with Gasteiger partial charge in [0.15, 0.2) is 0 Å². The topological polar surface area (TPSA) is 75.4 Å². The zero-order valence-corrected chi connectivity index (χ0v) is 12.3. The van der Waals surface area contributed by atoms with E-state index in [9.17, 15) is 9.59 Å². The maximum atomic E-state index is 12.3. The molecule has 0 unspecified atom stereocenters. The Morgan fingerprint density at radius 2 is 2.20 bits per heavy atom. The number of piperazine rings is 1. The number of amides is 2. The Morgan fingerprint density at radius 3 is 2.80 bits per heavy atom. The standard InChI is InChI=1S/C14H18ClN3O2/c1-14(2)13(20)18(6-5-17-14)8-10-4-3-9(12(16)19)7-11(10)15/h3-4,7,17H,5-6,8H2,1-2H3,(H2,16,19). The minimum atomic E-state index is -0.558. The molecule has 1 aromatic rings. The molecule has 0 spiro atoms. The van der Waals surface area contributed by atoms with E-state index in [0.717, 1.165) is 12.1 Å². The molecule has 0 atom stereocenters. The first-order chi connectivity index (χ1) is 9.31. The molecule has 1 aromatic carbocycles. The molecule has 0 aliphatic carbocycles. The van der Waals surface area contributed by atoms with Crippen LogP contribution >= 0.6 is 11.6 Å². The minimum absolute atomic E-state index is 0.0406. The molecular formula is C14H18ClN3O2. The summed E-state index contributed by atoms with van der Waals surface area (Å²) in [7, 11) is 0. The van der Waals surface area contributed by atoms with Crippen LogP contribution in [0.2, 0.25) is 5.02 Å². The second-order valence-electron chi connectivity index (χ2n) is 5.45. The van der Waals surface area contributed by atoms with Crippen LogP contribution in [0.25, 0.3) is 0 Å². The van der Waals surface area contributed by atoms with Gasteiger partial charge in [-0.25, -0.2) is 0 Å². The Labute approximate surface area is 123 Å². The van der Waals surface area contributed by atoms with Crippen molar-refractivity contribution in [2.75, 3.05) is 13.1 Å². The van der Waals surface area contributed by atoms with E-state index in [4.69, 9.17) is 17.3 Å². The Kier molecular flexibility index (Phi) is 4.01. The van der Waals surface area contributed by atoms with Crippen molar-refractivity contribution in [2.24, 2.45) is 5.73 Å². The van der Waals surface area contributed by atoms with Gasteiger partial charge in [-0.2, -0.15) is 0 Å². The summed E-state index contributed by atoms with van der Waals surface area (Å²) in [5.74, 6) is -0.475. The predicted molar refractivity (Wildman–Crippen MR) is 77.5 cm³/mol. The average molecular weight is 296 g/mol. The summed E-state index contributed by atoms with van der Waals surface area (Å²) >= 11 is 6.15. The number of rotatable bonds is 3. The van der Waals surface area contributed by atoms with Gasteiger partial charge in [0, 0.05) is 30.2 Å². The molecule has 5 nitrogen and oxygen atoms in total. The van der Waals surface area contributed by atoms with Crippen LogP contribution in [-0.2, 0) is 11.3 Å². The number of nitrogens with zero attached hydrogens (tertiary/aromatic N) is 1. The summed E-state index contributed by atoms with van der Waals surface area (Å²) in [6, 6.07) is 4.91. The van der Waals surface area contributed by atoms with Gasteiger partial charge in [-0.3, -0.25) is 9.59 Å². The predicted octanol–water partition coefficient (Wildman–Crippen LogP) is 1.15. The van der Waals surface area contributed by atoms with Gasteiger partial charge in [0.25, 0.3) is 0 Å². The first-order valence-corrected chi connectivity index (χ1v) is 6.82. The molecule has 108 valence electrons. The molecule has 0 radical (unpaired) electrons. The van der Waals surface area contributed by atoms with Gasteiger partial charge in [-0.15, -0.1) is 0 Å². The Morgan fingerprint density at radius 1 is 1.50 bits per heavy atom. The van der Waals surface area contributed by atoms with E-state index in [1.54, 1.807) is 17.0 Å². The second-order valence-corrected chi connectivity index (χ2v) is 5.86. The monoisotopic (exact) mass is 295 g/mol. The van der Waals surface area contributed by atoms with E-state index in [1.165, 1.54) is 6.07 Å². The fraction of sp³-hybridized carbons (Fsp3) is 0.429. The molecule has 1 saturated heterocycles. The third-order valence-corrected chi connectivity index (χ3v) is 3.82. The zero-order valence-electron chi connectivity index (χ0n) is 11.6. The summed E-state index contributed by atoms with van der Waals surface area (Å²) in [6.45, 7) is 5.53. The summed E-state index contributed by atoms with van der Waals surface area (Å²) < 4.78 is 0. The third-order valence-electron chi connectivity index (χ3n) is 3.47. The lowest BCUT2D eigenvalue weighted by atomic mass is 10.00. The lowest BCUT2D eigenvalue weighted by molar-refractivity contribution is -0.140. The van der Waals surface area contributed by atoms with Crippen LogP contribution in [0.3, 0.4) is 0 Å². The van der Waals surface area contributed by atoms with E-state index in [-0.39, 0.29) is 5.91 Å². The Hall–Kier alpha value is -1.59. The smallest absolute Gasteiger partial charge is 0.248 e. The van der Waals surface area contributed by atoms with E-state index >= 15 is 0 Å². The van der Waals surface area contributed by atoms with Crippen molar-refractivity contribution in [3.8, 4) is 0 Å². The number of benzene rings is 1. The van der Waals surface area contributed by atoms with Crippen molar-refractivity contribution in [1.29, 1.82) is 0 Å². The number of nitrogens with two attached hydrogens (primary N) is 1. The lowest BCUT2D eigenvalue weighted by Crippen LogP contribution is -2.60. The van der Waals surface area contributed by atoms with Gasteiger partial charge in [0.05, 0.1) is 5.54 Å². The van der Waals surface area contributed by atoms with Crippen LogP contribution in [0.4, 0.5) is 0 Å². The SMILES string of the molecule is CC1(C)NCCN(Cc2ccc(C(N)=O)cc2Cl)C1=O. The van der Waals surface area contributed by atoms with Gasteiger partial charge >= 0.3 is 0 Å². The Bertz CT molecular complexity index is 557. The highest BCUT2D eigenvalue weighted by atomic mass is 35.5. The van der Waals surface area contributed by atoms with E-state index in [2.05, 4.69) is 5.32 Å². The number of primary amides is 1. The van der Waals surface area contributed by atoms with Crippen LogP contribution in [0.15, 0.2) is 18.2 Å². The molecule has 0 bridgehead atoms. The molecule has 20 heavy (non-hydrogen) atoms.